The van der Waals surface area contributed by atoms with Gasteiger partial charge < -0.3 is 4.57 Å². The van der Waals surface area contributed by atoms with Crippen molar-refractivity contribution in [2.75, 3.05) is 5.43 Å². The van der Waals surface area contributed by atoms with Crippen LogP contribution in [0.3, 0.4) is 0 Å². The average molecular weight is 433 g/mol. The lowest BCUT2D eigenvalue weighted by Crippen LogP contribution is -2.01. The molecule has 2 aromatic heterocycles. The van der Waals surface area contributed by atoms with Crippen LogP contribution in [0.2, 0.25) is 0 Å². The van der Waals surface area contributed by atoms with Crippen LogP contribution in [0.25, 0.3) is 5.69 Å². The Balaban J connectivity index is 1.81. The number of nitrogens with zero attached hydrogens (tertiary/aromatic N) is 4. The van der Waals surface area contributed by atoms with Crippen LogP contribution in [0.15, 0.2) is 66.0 Å². The van der Waals surface area contributed by atoms with E-state index in [-0.39, 0.29) is 11.5 Å². The average Bonchev–Trinajstić information content (AvgIpc) is 3.04. The van der Waals surface area contributed by atoms with Crippen LogP contribution in [-0.2, 0) is 0 Å². The first-order valence-corrected chi connectivity index (χ1v) is 8.05. The van der Waals surface area contributed by atoms with Gasteiger partial charge in [-0.25, -0.2) is 4.98 Å². The Labute approximate surface area is 151 Å². The fraction of sp³-hybridized carbons (Fsp3) is 0. The molecule has 7 nitrogen and oxygen atoms in total. The monoisotopic (exact) mass is 433 g/mol. The molecule has 0 bridgehead atoms. The van der Waals surface area contributed by atoms with Crippen molar-refractivity contribution in [3.05, 3.63) is 80.3 Å². The molecule has 0 fully saturated rings. The summed E-state index contributed by atoms with van der Waals surface area (Å²) in [4.78, 5) is 14.4. The summed E-state index contributed by atoms with van der Waals surface area (Å²) in [5.74, 6) is 0.103. The minimum atomic E-state index is -0.501. The van der Waals surface area contributed by atoms with Crippen LogP contribution in [0.1, 0.15) is 5.69 Å². The number of hydrogen-bond acceptors (Lipinski definition) is 5. The zero-order valence-corrected chi connectivity index (χ0v) is 14.5. The molecule has 0 aliphatic carbocycles. The zero-order valence-electron chi connectivity index (χ0n) is 12.3. The van der Waals surface area contributed by atoms with E-state index in [1.807, 2.05) is 47.2 Å². The van der Waals surface area contributed by atoms with Crippen LogP contribution in [-0.4, -0.2) is 20.7 Å². The first kappa shape index (κ1) is 16.1. The summed E-state index contributed by atoms with van der Waals surface area (Å²) < 4.78 is 3.12. The number of hydrazone groups is 1. The van der Waals surface area contributed by atoms with Crippen LogP contribution in [0.5, 0.6) is 0 Å². The predicted molar refractivity (Wildman–Crippen MR) is 101 cm³/mol. The maximum Gasteiger partial charge on any atom is 0.313 e. The second kappa shape index (κ2) is 7.21. The molecule has 24 heavy (non-hydrogen) atoms. The van der Waals surface area contributed by atoms with Crippen molar-refractivity contribution in [3.8, 4) is 5.69 Å². The van der Waals surface area contributed by atoms with Gasteiger partial charge in [-0.15, -0.1) is 0 Å². The minimum absolute atomic E-state index is 0.103. The van der Waals surface area contributed by atoms with Gasteiger partial charge in [0.1, 0.15) is 0 Å². The van der Waals surface area contributed by atoms with E-state index in [0.29, 0.717) is 0 Å². The second-order valence-corrected chi connectivity index (χ2v) is 6.02. The first-order valence-electron chi connectivity index (χ1n) is 6.97. The quantitative estimate of drug-likeness (QED) is 0.287. The molecule has 0 amide bonds. The van der Waals surface area contributed by atoms with Crippen LogP contribution in [0.4, 0.5) is 11.5 Å². The largest absolute Gasteiger partial charge is 0.316 e. The van der Waals surface area contributed by atoms with Crippen molar-refractivity contribution >= 4 is 40.3 Å². The third-order valence-corrected chi connectivity index (χ3v) is 3.95. The highest BCUT2D eigenvalue weighted by Gasteiger charge is 2.12. The molecule has 0 aliphatic heterocycles. The fourth-order valence-electron chi connectivity index (χ4n) is 2.13. The first-order chi connectivity index (χ1) is 11.6. The number of benzene rings is 1. The molecule has 0 saturated carbocycles. The SMILES string of the molecule is O=[N+]([O-])c1cccnc1N/N=C\c1cccn1-c1ccc(I)cc1. The summed E-state index contributed by atoms with van der Waals surface area (Å²) in [7, 11) is 0. The number of nitrogens with one attached hydrogen (secondary N) is 1. The second-order valence-electron chi connectivity index (χ2n) is 4.78. The van der Waals surface area contributed by atoms with Gasteiger partial charge in [-0.1, -0.05) is 0 Å². The van der Waals surface area contributed by atoms with Crippen molar-refractivity contribution < 1.29 is 4.92 Å². The Morgan fingerprint density at radius 3 is 2.75 bits per heavy atom. The van der Waals surface area contributed by atoms with Gasteiger partial charge >= 0.3 is 5.69 Å². The zero-order chi connectivity index (χ0) is 16.9. The number of rotatable bonds is 5. The topological polar surface area (TPSA) is 85.3 Å². The van der Waals surface area contributed by atoms with E-state index in [0.717, 1.165) is 15.0 Å². The smallest absolute Gasteiger partial charge is 0.313 e. The highest BCUT2D eigenvalue weighted by Crippen LogP contribution is 2.20. The van der Waals surface area contributed by atoms with Crippen molar-refractivity contribution in [1.29, 1.82) is 0 Å². The van der Waals surface area contributed by atoms with E-state index in [1.54, 1.807) is 6.21 Å². The van der Waals surface area contributed by atoms with E-state index in [9.17, 15) is 10.1 Å². The molecular weight excluding hydrogens is 421 g/mol. The van der Waals surface area contributed by atoms with Crippen molar-refractivity contribution in [1.82, 2.24) is 9.55 Å². The summed E-state index contributed by atoms with van der Waals surface area (Å²) in [5, 5.41) is 15.0. The van der Waals surface area contributed by atoms with E-state index in [2.05, 4.69) is 38.1 Å². The van der Waals surface area contributed by atoms with Gasteiger partial charge in [0.2, 0.25) is 5.82 Å². The molecule has 2 heterocycles. The Hall–Kier alpha value is -2.75. The summed E-state index contributed by atoms with van der Waals surface area (Å²) >= 11 is 2.25. The number of halogens is 1. The number of pyridine rings is 1. The highest BCUT2D eigenvalue weighted by molar-refractivity contribution is 14.1. The normalized spacial score (nSPS) is 10.9. The molecular formula is C16H12IN5O2. The Bertz CT molecular complexity index is 889. The molecule has 1 aromatic carbocycles. The fourth-order valence-corrected chi connectivity index (χ4v) is 2.49. The molecule has 0 saturated heterocycles. The Kier molecular flexibility index (Phi) is 4.85. The molecule has 0 atom stereocenters. The number of nitro groups is 1. The van der Waals surface area contributed by atoms with Gasteiger partial charge in [-0.3, -0.25) is 15.5 Å². The lowest BCUT2D eigenvalue weighted by molar-refractivity contribution is -0.384. The number of hydrogen-bond donors (Lipinski definition) is 1. The van der Waals surface area contributed by atoms with Gasteiger partial charge in [-0.2, -0.15) is 5.10 Å². The van der Waals surface area contributed by atoms with E-state index in [1.165, 1.54) is 18.3 Å². The van der Waals surface area contributed by atoms with Crippen LogP contribution in [0, 0.1) is 13.7 Å². The summed E-state index contributed by atoms with van der Waals surface area (Å²) in [6, 6.07) is 14.7. The molecule has 8 heteroatoms. The van der Waals surface area contributed by atoms with Crippen molar-refractivity contribution in [2.45, 2.75) is 0 Å². The molecule has 0 unspecified atom stereocenters. The molecule has 0 spiro atoms. The maximum atomic E-state index is 10.9. The van der Waals surface area contributed by atoms with Gasteiger partial charge in [0.25, 0.3) is 0 Å². The molecule has 0 radical (unpaired) electrons. The van der Waals surface area contributed by atoms with Gasteiger partial charge in [0, 0.05) is 27.7 Å². The summed E-state index contributed by atoms with van der Waals surface area (Å²) in [6.45, 7) is 0. The standard InChI is InChI=1S/C16H12IN5O2/c17-12-5-7-13(8-6-12)21-10-2-3-14(21)11-19-20-16-15(22(23)24)4-1-9-18-16/h1-11H,(H,18,20)/b19-11-. The molecule has 120 valence electrons. The molecule has 0 aliphatic rings. The molecule has 3 rings (SSSR count). The lowest BCUT2D eigenvalue weighted by Gasteiger charge is -2.06. The lowest BCUT2D eigenvalue weighted by atomic mass is 10.3. The maximum absolute atomic E-state index is 10.9. The van der Waals surface area contributed by atoms with Crippen molar-refractivity contribution in [3.63, 3.8) is 0 Å². The molecule has 3 aromatic rings. The number of aromatic nitrogens is 2. The number of anilines is 1. The molecule has 1 N–H and O–H groups in total. The minimum Gasteiger partial charge on any atom is -0.316 e. The van der Waals surface area contributed by atoms with Gasteiger partial charge in [0.05, 0.1) is 16.8 Å². The summed E-state index contributed by atoms with van der Waals surface area (Å²) in [6.07, 6.45) is 4.99. The van der Waals surface area contributed by atoms with Gasteiger partial charge in [-0.05, 0) is 65.1 Å². The third-order valence-electron chi connectivity index (χ3n) is 3.24. The Morgan fingerprint density at radius 1 is 1.21 bits per heavy atom. The van der Waals surface area contributed by atoms with Crippen LogP contribution < -0.4 is 5.43 Å². The van der Waals surface area contributed by atoms with E-state index in [4.69, 9.17) is 0 Å². The van der Waals surface area contributed by atoms with Crippen LogP contribution >= 0.6 is 22.6 Å². The van der Waals surface area contributed by atoms with E-state index < -0.39 is 4.92 Å². The summed E-state index contributed by atoms with van der Waals surface area (Å²) in [5.41, 5.74) is 4.34. The van der Waals surface area contributed by atoms with Gasteiger partial charge in [0.15, 0.2) is 0 Å². The Morgan fingerprint density at radius 2 is 2.00 bits per heavy atom. The van der Waals surface area contributed by atoms with Crippen molar-refractivity contribution in [2.24, 2.45) is 5.10 Å². The predicted octanol–water partition coefficient (Wildman–Crippen LogP) is 3.83. The van der Waals surface area contributed by atoms with E-state index >= 15 is 0 Å². The highest BCUT2D eigenvalue weighted by atomic mass is 127. The third kappa shape index (κ3) is 3.59.